The van der Waals surface area contributed by atoms with E-state index in [1.807, 2.05) is 35.7 Å². The second kappa shape index (κ2) is 4.84. The van der Waals surface area contributed by atoms with Crippen LogP contribution in [-0.2, 0) is 0 Å². The van der Waals surface area contributed by atoms with Crippen molar-refractivity contribution in [3.63, 3.8) is 0 Å². The minimum Gasteiger partial charge on any atom is -0.352 e. The Bertz CT molecular complexity index is 641. The minimum atomic E-state index is 0.498. The summed E-state index contributed by atoms with van der Waals surface area (Å²) in [5.41, 5.74) is 2.90. The zero-order chi connectivity index (χ0) is 12.5. The van der Waals surface area contributed by atoms with Crippen LogP contribution in [0, 0.1) is 0 Å². The van der Waals surface area contributed by atoms with Gasteiger partial charge in [-0.15, -0.1) is 0 Å². The first-order chi connectivity index (χ1) is 8.74. The highest BCUT2D eigenvalue weighted by atomic mass is 35.5. The van der Waals surface area contributed by atoms with Gasteiger partial charge in [0.15, 0.2) is 0 Å². The summed E-state index contributed by atoms with van der Waals surface area (Å²) in [5.74, 6) is 0. The smallest absolute Gasteiger partial charge is 0.130 e. The number of halogens is 2. The van der Waals surface area contributed by atoms with Gasteiger partial charge in [-0.3, -0.25) is 0 Å². The quantitative estimate of drug-likeness (QED) is 0.757. The predicted octanol–water partition coefficient (Wildman–Crippen LogP) is 4.90. The highest BCUT2D eigenvalue weighted by molar-refractivity contribution is 8.02. The molecule has 2 heterocycles. The van der Waals surface area contributed by atoms with E-state index >= 15 is 0 Å². The fourth-order valence-electron chi connectivity index (χ4n) is 1.70. The molecule has 0 saturated carbocycles. The van der Waals surface area contributed by atoms with Crippen molar-refractivity contribution in [3.05, 3.63) is 57.5 Å². The van der Waals surface area contributed by atoms with Crippen LogP contribution >= 0.6 is 35.0 Å². The third-order valence-corrected chi connectivity index (χ3v) is 3.98. The zero-order valence-corrected chi connectivity index (χ0v) is 11.5. The molecule has 0 atom stereocenters. The largest absolute Gasteiger partial charge is 0.352 e. The summed E-state index contributed by atoms with van der Waals surface area (Å²) in [6.45, 7) is 0. The molecule has 0 saturated heterocycles. The summed E-state index contributed by atoms with van der Waals surface area (Å²) in [4.78, 5) is 4.25. The molecular weight excluding hydrogens is 287 g/mol. The lowest BCUT2D eigenvalue weighted by Gasteiger charge is -2.18. The van der Waals surface area contributed by atoms with E-state index in [1.165, 1.54) is 11.8 Å². The van der Waals surface area contributed by atoms with Gasteiger partial charge in [0.1, 0.15) is 10.2 Å². The lowest BCUT2D eigenvalue weighted by atomic mass is 10.1. The molecular formula is C13H8Cl2N2S. The summed E-state index contributed by atoms with van der Waals surface area (Å²) in [6.07, 6.45) is 0. The van der Waals surface area contributed by atoms with Crippen molar-refractivity contribution in [2.24, 2.45) is 0 Å². The van der Waals surface area contributed by atoms with E-state index in [4.69, 9.17) is 23.2 Å². The molecule has 1 N–H and O–H groups in total. The zero-order valence-electron chi connectivity index (χ0n) is 9.15. The molecule has 90 valence electrons. The second-order valence-electron chi connectivity index (χ2n) is 3.74. The Balaban J connectivity index is 1.98. The average Bonchev–Trinajstić information content (AvgIpc) is 2.39. The normalized spacial score (nSPS) is 13.6. The number of benzene rings is 1. The summed E-state index contributed by atoms with van der Waals surface area (Å²) < 4.78 is 0. The van der Waals surface area contributed by atoms with Crippen molar-refractivity contribution < 1.29 is 0 Å². The van der Waals surface area contributed by atoms with Gasteiger partial charge in [-0.1, -0.05) is 53.2 Å². The number of nitrogens with zero attached hydrogens (tertiary/aromatic N) is 1. The molecule has 0 aliphatic carbocycles. The lowest BCUT2D eigenvalue weighted by Crippen LogP contribution is -2.04. The number of aromatic nitrogens is 1. The van der Waals surface area contributed by atoms with Crippen LogP contribution in [0.1, 0.15) is 5.56 Å². The highest BCUT2D eigenvalue weighted by Crippen LogP contribution is 2.38. The summed E-state index contributed by atoms with van der Waals surface area (Å²) in [6, 6.07) is 11.4. The molecule has 2 nitrogen and oxygen atoms in total. The van der Waals surface area contributed by atoms with Gasteiger partial charge in [0.05, 0.1) is 11.4 Å². The number of thioether (sulfide) groups is 1. The number of anilines is 1. The SMILES string of the molecule is Clc1ccc2c(n1)SC=C(c1ccccc1Cl)N2. The Morgan fingerprint density at radius 3 is 2.72 bits per heavy atom. The van der Waals surface area contributed by atoms with Gasteiger partial charge >= 0.3 is 0 Å². The lowest BCUT2D eigenvalue weighted by molar-refractivity contribution is 1.14. The van der Waals surface area contributed by atoms with E-state index in [0.717, 1.165) is 27.0 Å². The Morgan fingerprint density at radius 2 is 1.89 bits per heavy atom. The maximum absolute atomic E-state index is 6.18. The van der Waals surface area contributed by atoms with Crippen molar-refractivity contribution in [1.29, 1.82) is 0 Å². The van der Waals surface area contributed by atoms with Crippen molar-refractivity contribution in [2.45, 2.75) is 5.03 Å². The van der Waals surface area contributed by atoms with Gasteiger partial charge in [0.25, 0.3) is 0 Å². The van der Waals surface area contributed by atoms with Gasteiger partial charge in [-0.05, 0) is 18.2 Å². The van der Waals surface area contributed by atoms with E-state index in [9.17, 15) is 0 Å². The highest BCUT2D eigenvalue weighted by Gasteiger charge is 2.15. The number of fused-ring (bicyclic) bond motifs is 1. The third kappa shape index (κ3) is 2.21. The van der Waals surface area contributed by atoms with Crippen molar-refractivity contribution in [1.82, 2.24) is 4.98 Å². The maximum Gasteiger partial charge on any atom is 0.130 e. The van der Waals surface area contributed by atoms with Crippen LogP contribution in [0.15, 0.2) is 46.8 Å². The molecule has 18 heavy (non-hydrogen) atoms. The Hall–Kier alpha value is -1.16. The predicted molar refractivity (Wildman–Crippen MR) is 78.2 cm³/mol. The van der Waals surface area contributed by atoms with E-state index in [-0.39, 0.29) is 0 Å². The topological polar surface area (TPSA) is 24.9 Å². The first-order valence-corrected chi connectivity index (χ1v) is 6.93. The van der Waals surface area contributed by atoms with Crippen LogP contribution in [0.2, 0.25) is 10.2 Å². The Labute approximate surface area is 119 Å². The van der Waals surface area contributed by atoms with Gasteiger partial charge < -0.3 is 5.32 Å². The average molecular weight is 295 g/mol. The van der Waals surface area contributed by atoms with E-state index in [1.54, 1.807) is 6.07 Å². The van der Waals surface area contributed by atoms with Crippen LogP contribution in [0.3, 0.4) is 0 Å². The van der Waals surface area contributed by atoms with Crippen molar-refractivity contribution in [3.8, 4) is 0 Å². The van der Waals surface area contributed by atoms with E-state index in [0.29, 0.717) is 5.15 Å². The van der Waals surface area contributed by atoms with Crippen LogP contribution < -0.4 is 5.32 Å². The molecule has 0 unspecified atom stereocenters. The molecule has 0 fully saturated rings. The molecule has 1 aromatic carbocycles. The molecule has 0 radical (unpaired) electrons. The molecule has 0 bridgehead atoms. The van der Waals surface area contributed by atoms with Gasteiger partial charge in [0.2, 0.25) is 0 Å². The molecule has 2 aromatic rings. The minimum absolute atomic E-state index is 0.498. The first-order valence-electron chi connectivity index (χ1n) is 5.29. The Morgan fingerprint density at radius 1 is 1.06 bits per heavy atom. The summed E-state index contributed by atoms with van der Waals surface area (Å²) >= 11 is 13.6. The number of rotatable bonds is 1. The van der Waals surface area contributed by atoms with E-state index in [2.05, 4.69) is 10.3 Å². The van der Waals surface area contributed by atoms with Crippen LogP contribution in [0.4, 0.5) is 5.69 Å². The Kier molecular flexibility index (Phi) is 3.20. The summed E-state index contributed by atoms with van der Waals surface area (Å²) in [5, 5.41) is 7.40. The van der Waals surface area contributed by atoms with E-state index < -0.39 is 0 Å². The fraction of sp³-hybridized carbons (Fsp3) is 0. The molecule has 5 heteroatoms. The van der Waals surface area contributed by atoms with Crippen molar-refractivity contribution in [2.75, 3.05) is 5.32 Å². The molecule has 3 rings (SSSR count). The molecule has 1 aliphatic heterocycles. The van der Waals surface area contributed by atoms with Crippen LogP contribution in [0.25, 0.3) is 5.70 Å². The second-order valence-corrected chi connectivity index (χ2v) is 5.39. The monoisotopic (exact) mass is 294 g/mol. The maximum atomic E-state index is 6.18. The summed E-state index contributed by atoms with van der Waals surface area (Å²) in [7, 11) is 0. The fourth-order valence-corrected chi connectivity index (χ4v) is 2.95. The third-order valence-electron chi connectivity index (χ3n) is 2.55. The number of pyridine rings is 1. The van der Waals surface area contributed by atoms with Crippen LogP contribution in [0.5, 0.6) is 0 Å². The molecule has 0 spiro atoms. The van der Waals surface area contributed by atoms with Gasteiger partial charge in [0, 0.05) is 16.0 Å². The molecule has 0 amide bonds. The first kappa shape index (κ1) is 11.9. The number of nitrogens with one attached hydrogen (secondary N) is 1. The standard InChI is InChI=1S/C13H8Cl2N2S/c14-9-4-2-1-3-8(9)11-7-18-13-10(16-11)5-6-12(15)17-13/h1-7,16H. The molecule has 1 aliphatic rings. The van der Waals surface area contributed by atoms with Crippen molar-refractivity contribution >= 4 is 46.3 Å². The van der Waals surface area contributed by atoms with Gasteiger partial charge in [-0.2, -0.15) is 0 Å². The van der Waals surface area contributed by atoms with Gasteiger partial charge in [-0.25, -0.2) is 4.98 Å². The van der Waals surface area contributed by atoms with Crippen LogP contribution in [-0.4, -0.2) is 4.98 Å². The number of hydrogen-bond donors (Lipinski definition) is 1. The molecule has 1 aromatic heterocycles. The number of hydrogen-bond acceptors (Lipinski definition) is 3.